The van der Waals surface area contributed by atoms with E-state index in [1.165, 1.54) is 11.3 Å². The van der Waals surface area contributed by atoms with Gasteiger partial charge in [-0.15, -0.1) is 22.7 Å². The summed E-state index contributed by atoms with van der Waals surface area (Å²) in [5, 5.41) is 3.09. The van der Waals surface area contributed by atoms with Crippen LogP contribution in [0.5, 0.6) is 0 Å². The van der Waals surface area contributed by atoms with Gasteiger partial charge in [0.25, 0.3) is 5.91 Å². The molecule has 3 aromatic heterocycles. The van der Waals surface area contributed by atoms with Crippen molar-refractivity contribution in [3.8, 4) is 9.75 Å². The quantitative estimate of drug-likeness (QED) is 0.416. The maximum Gasteiger partial charge on any atom is 0.341 e. The number of hydrogen-bond donors (Lipinski definition) is 1. The Kier molecular flexibility index (Phi) is 5.21. The van der Waals surface area contributed by atoms with Gasteiger partial charge in [-0.2, -0.15) is 0 Å². The summed E-state index contributed by atoms with van der Waals surface area (Å²) in [7, 11) is 0. The van der Waals surface area contributed by atoms with E-state index in [1.807, 2.05) is 53.9 Å². The van der Waals surface area contributed by atoms with Crippen molar-refractivity contribution in [3.63, 3.8) is 0 Å². The lowest BCUT2D eigenvalue weighted by Gasteiger charge is -2.16. The zero-order valence-corrected chi connectivity index (χ0v) is 18.5. The summed E-state index contributed by atoms with van der Waals surface area (Å²) in [6.07, 6.45) is 2.29. The highest BCUT2D eigenvalue weighted by atomic mass is 32.1. The molecule has 1 aliphatic heterocycles. The SMILES string of the molecule is CCOC(=O)C1=CN(C(=O)c2ccc(-c3cccs3)s2)CCc2c1[nH]c1ccccc21. The number of thiophene rings is 2. The van der Waals surface area contributed by atoms with E-state index in [2.05, 4.69) is 4.98 Å². The number of esters is 1. The summed E-state index contributed by atoms with van der Waals surface area (Å²) in [5.74, 6) is -0.537. The van der Waals surface area contributed by atoms with E-state index in [9.17, 15) is 9.59 Å². The molecule has 1 amide bonds. The molecule has 4 aromatic rings. The molecule has 156 valence electrons. The molecule has 0 spiro atoms. The second-order valence-corrected chi connectivity index (χ2v) is 9.21. The third-order valence-corrected chi connectivity index (χ3v) is 7.45. The lowest BCUT2D eigenvalue weighted by Crippen LogP contribution is -2.27. The fourth-order valence-corrected chi connectivity index (χ4v) is 5.67. The van der Waals surface area contributed by atoms with Crippen LogP contribution in [0.15, 0.2) is 60.1 Å². The minimum absolute atomic E-state index is 0.107. The first kappa shape index (κ1) is 19.8. The summed E-state index contributed by atoms with van der Waals surface area (Å²) in [6.45, 7) is 2.54. The molecule has 31 heavy (non-hydrogen) atoms. The van der Waals surface area contributed by atoms with Crippen molar-refractivity contribution < 1.29 is 14.3 Å². The van der Waals surface area contributed by atoms with Gasteiger partial charge in [-0.25, -0.2) is 4.79 Å². The van der Waals surface area contributed by atoms with Gasteiger partial charge in [-0.3, -0.25) is 4.79 Å². The van der Waals surface area contributed by atoms with E-state index in [0.29, 0.717) is 23.4 Å². The van der Waals surface area contributed by atoms with E-state index in [-0.39, 0.29) is 12.5 Å². The van der Waals surface area contributed by atoms with Crippen LogP contribution in [0.25, 0.3) is 26.2 Å². The predicted octanol–water partition coefficient (Wildman–Crippen LogP) is 5.56. The van der Waals surface area contributed by atoms with Crippen LogP contribution in [0, 0.1) is 0 Å². The van der Waals surface area contributed by atoms with Crippen molar-refractivity contribution in [1.82, 2.24) is 9.88 Å². The molecule has 0 aliphatic carbocycles. The Labute approximate surface area is 187 Å². The summed E-state index contributed by atoms with van der Waals surface area (Å²) >= 11 is 3.13. The van der Waals surface area contributed by atoms with Gasteiger partial charge in [0, 0.05) is 33.4 Å². The zero-order valence-electron chi connectivity index (χ0n) is 16.9. The number of benzene rings is 1. The molecule has 0 atom stereocenters. The standard InChI is InChI=1S/C24H20N2O3S2/c1-2-29-24(28)17-14-26(12-11-16-15-6-3-4-7-18(15)25-22(16)17)23(27)21-10-9-20(31-21)19-8-5-13-30-19/h3-10,13-14,25H,2,11-12H2,1H3. The fraction of sp³-hybridized carbons (Fsp3) is 0.167. The van der Waals surface area contributed by atoms with Crippen LogP contribution in [-0.4, -0.2) is 34.9 Å². The normalized spacial score (nSPS) is 13.6. The third-order valence-electron chi connectivity index (χ3n) is 5.31. The lowest BCUT2D eigenvalue weighted by molar-refractivity contribution is -0.136. The van der Waals surface area contributed by atoms with E-state index in [1.54, 1.807) is 29.4 Å². The molecule has 0 fully saturated rings. The van der Waals surface area contributed by atoms with E-state index >= 15 is 0 Å². The molecule has 5 rings (SSSR count). The van der Waals surface area contributed by atoms with Crippen molar-refractivity contribution in [2.24, 2.45) is 0 Å². The topological polar surface area (TPSA) is 62.4 Å². The molecule has 0 saturated heterocycles. The van der Waals surface area contributed by atoms with Gasteiger partial charge in [0.15, 0.2) is 0 Å². The summed E-state index contributed by atoms with van der Waals surface area (Å²) < 4.78 is 5.32. The van der Waals surface area contributed by atoms with Crippen LogP contribution in [0.1, 0.15) is 27.9 Å². The number of carbonyl (C=O) groups excluding carboxylic acids is 2. The minimum Gasteiger partial charge on any atom is -0.462 e. The van der Waals surface area contributed by atoms with Crippen LogP contribution in [0.2, 0.25) is 0 Å². The Hall–Kier alpha value is -3.16. The van der Waals surface area contributed by atoms with E-state index in [0.717, 1.165) is 31.9 Å². The molecular weight excluding hydrogens is 428 g/mol. The monoisotopic (exact) mass is 448 g/mol. The second-order valence-electron chi connectivity index (χ2n) is 7.18. The van der Waals surface area contributed by atoms with Crippen LogP contribution in [-0.2, 0) is 16.0 Å². The molecule has 0 saturated carbocycles. The van der Waals surface area contributed by atoms with Crippen LogP contribution in [0.4, 0.5) is 0 Å². The number of amides is 1. The molecule has 4 heterocycles. The zero-order chi connectivity index (χ0) is 21.4. The van der Waals surface area contributed by atoms with Crippen LogP contribution < -0.4 is 0 Å². The number of para-hydroxylation sites is 1. The number of nitrogens with one attached hydrogen (secondary N) is 1. The Balaban J connectivity index is 1.53. The number of fused-ring (bicyclic) bond motifs is 3. The Morgan fingerprint density at radius 2 is 1.97 bits per heavy atom. The molecule has 5 nitrogen and oxygen atoms in total. The maximum absolute atomic E-state index is 13.3. The average Bonchev–Trinajstić information content (AvgIpc) is 3.51. The molecule has 0 bridgehead atoms. The largest absolute Gasteiger partial charge is 0.462 e. The summed E-state index contributed by atoms with van der Waals surface area (Å²) in [6, 6.07) is 15.9. The van der Waals surface area contributed by atoms with E-state index in [4.69, 9.17) is 4.74 Å². The molecule has 1 aromatic carbocycles. The fourth-order valence-electron chi connectivity index (χ4n) is 3.88. The van der Waals surface area contributed by atoms with Gasteiger partial charge in [-0.1, -0.05) is 24.3 Å². The Morgan fingerprint density at radius 3 is 2.77 bits per heavy atom. The maximum atomic E-state index is 13.3. The smallest absolute Gasteiger partial charge is 0.341 e. The summed E-state index contributed by atoms with van der Waals surface area (Å²) in [4.78, 5) is 34.0. The molecule has 0 unspecified atom stereocenters. The molecular formula is C24H20N2O3S2. The number of H-pyrrole nitrogens is 1. The van der Waals surface area contributed by atoms with Gasteiger partial charge in [0.05, 0.1) is 22.8 Å². The first-order valence-electron chi connectivity index (χ1n) is 10.1. The number of aromatic amines is 1. The van der Waals surface area contributed by atoms with Crippen molar-refractivity contribution in [2.75, 3.05) is 13.2 Å². The first-order valence-corrected chi connectivity index (χ1v) is 11.8. The highest BCUT2D eigenvalue weighted by Crippen LogP contribution is 2.34. The van der Waals surface area contributed by atoms with Crippen molar-refractivity contribution >= 4 is 51.0 Å². The van der Waals surface area contributed by atoms with Crippen LogP contribution >= 0.6 is 22.7 Å². The predicted molar refractivity (Wildman–Crippen MR) is 125 cm³/mol. The van der Waals surface area contributed by atoms with Crippen molar-refractivity contribution in [1.29, 1.82) is 0 Å². The number of carbonyl (C=O) groups is 2. The molecule has 1 aliphatic rings. The number of aromatic nitrogens is 1. The van der Waals surface area contributed by atoms with Gasteiger partial charge in [0.1, 0.15) is 0 Å². The highest BCUT2D eigenvalue weighted by molar-refractivity contribution is 7.22. The Bertz CT molecular complexity index is 1300. The number of rotatable bonds is 4. The van der Waals surface area contributed by atoms with Gasteiger partial charge < -0.3 is 14.6 Å². The first-order chi connectivity index (χ1) is 15.2. The third kappa shape index (κ3) is 3.60. The van der Waals surface area contributed by atoms with Crippen molar-refractivity contribution in [3.05, 3.63) is 76.2 Å². The van der Waals surface area contributed by atoms with Gasteiger partial charge >= 0.3 is 5.97 Å². The number of ether oxygens (including phenoxy) is 1. The second kappa shape index (κ2) is 8.17. The molecule has 7 heteroatoms. The number of nitrogens with zero attached hydrogens (tertiary/aromatic N) is 1. The summed E-state index contributed by atoms with van der Waals surface area (Å²) in [5.41, 5.74) is 3.13. The highest BCUT2D eigenvalue weighted by Gasteiger charge is 2.28. The molecule has 0 radical (unpaired) electrons. The number of hydrogen-bond acceptors (Lipinski definition) is 5. The molecule has 1 N–H and O–H groups in total. The van der Waals surface area contributed by atoms with E-state index < -0.39 is 5.97 Å². The minimum atomic E-state index is -0.430. The average molecular weight is 449 g/mol. The Morgan fingerprint density at radius 1 is 1.10 bits per heavy atom. The lowest BCUT2D eigenvalue weighted by atomic mass is 10.0. The van der Waals surface area contributed by atoms with Gasteiger partial charge in [-0.05, 0) is 48.6 Å². The van der Waals surface area contributed by atoms with Gasteiger partial charge in [0.2, 0.25) is 0 Å². The van der Waals surface area contributed by atoms with Crippen LogP contribution in [0.3, 0.4) is 0 Å². The van der Waals surface area contributed by atoms with Crippen molar-refractivity contribution in [2.45, 2.75) is 13.3 Å².